The van der Waals surface area contributed by atoms with Gasteiger partial charge in [-0.15, -0.1) is 0 Å². The molecule has 0 amide bonds. The van der Waals surface area contributed by atoms with Crippen molar-refractivity contribution in [2.24, 2.45) is 0 Å². The van der Waals surface area contributed by atoms with Gasteiger partial charge in [0, 0.05) is 18.2 Å². The van der Waals surface area contributed by atoms with E-state index in [1.54, 1.807) is 0 Å². The molecular formula is C13H21NOS. The quantitative estimate of drug-likeness (QED) is 0.872. The van der Waals surface area contributed by atoms with E-state index in [1.165, 1.54) is 24.3 Å². The zero-order chi connectivity index (χ0) is 11.4. The zero-order valence-corrected chi connectivity index (χ0v) is 11.0. The molecule has 0 aliphatic carbocycles. The zero-order valence-electron chi connectivity index (χ0n) is 10.2. The van der Waals surface area contributed by atoms with E-state index in [1.807, 2.05) is 0 Å². The lowest BCUT2D eigenvalue weighted by molar-refractivity contribution is 0.375. The topological polar surface area (TPSA) is 25.2 Å². The first kappa shape index (κ1) is 12.1. The Balaban J connectivity index is 1.88. The van der Waals surface area contributed by atoms with Crippen molar-refractivity contribution < 1.29 is 4.42 Å². The van der Waals surface area contributed by atoms with E-state index in [-0.39, 0.29) is 0 Å². The van der Waals surface area contributed by atoms with Gasteiger partial charge >= 0.3 is 0 Å². The summed E-state index contributed by atoms with van der Waals surface area (Å²) < 4.78 is 5.77. The molecule has 1 saturated heterocycles. The van der Waals surface area contributed by atoms with Gasteiger partial charge in [0.1, 0.15) is 11.5 Å². The van der Waals surface area contributed by atoms with Crippen molar-refractivity contribution in [2.75, 3.05) is 11.5 Å². The molecule has 90 valence electrons. The third kappa shape index (κ3) is 3.05. The van der Waals surface area contributed by atoms with Crippen LogP contribution >= 0.6 is 11.8 Å². The first-order chi connectivity index (χ1) is 7.79. The lowest BCUT2D eigenvalue weighted by atomic mass is 10.1. The summed E-state index contributed by atoms with van der Waals surface area (Å²) in [4.78, 5) is 0. The summed E-state index contributed by atoms with van der Waals surface area (Å²) in [6.45, 7) is 4.32. The van der Waals surface area contributed by atoms with Crippen LogP contribution in [0.5, 0.6) is 0 Å². The largest absolute Gasteiger partial charge is 0.464 e. The van der Waals surface area contributed by atoms with Crippen LogP contribution in [0.4, 0.5) is 0 Å². The van der Waals surface area contributed by atoms with Crippen molar-refractivity contribution >= 4 is 11.8 Å². The molecule has 1 aromatic rings. The summed E-state index contributed by atoms with van der Waals surface area (Å²) >= 11 is 2.06. The Labute approximate surface area is 102 Å². The second-order valence-corrected chi connectivity index (χ2v) is 5.61. The van der Waals surface area contributed by atoms with Crippen LogP contribution in [0, 0.1) is 0 Å². The van der Waals surface area contributed by atoms with Crippen LogP contribution in [-0.2, 0) is 6.42 Å². The molecule has 0 spiro atoms. The fraction of sp³-hybridized carbons (Fsp3) is 0.692. The van der Waals surface area contributed by atoms with Crippen LogP contribution in [0.1, 0.15) is 44.3 Å². The van der Waals surface area contributed by atoms with Gasteiger partial charge in [0.2, 0.25) is 0 Å². The molecule has 0 saturated carbocycles. The molecule has 2 unspecified atom stereocenters. The number of aryl methyl sites for hydroxylation is 1. The number of thioether (sulfide) groups is 1. The van der Waals surface area contributed by atoms with Crippen molar-refractivity contribution in [1.29, 1.82) is 0 Å². The third-order valence-corrected chi connectivity index (χ3v) is 4.32. The highest BCUT2D eigenvalue weighted by molar-refractivity contribution is 7.99. The maximum absolute atomic E-state index is 5.77. The van der Waals surface area contributed by atoms with Crippen molar-refractivity contribution in [2.45, 2.75) is 45.2 Å². The van der Waals surface area contributed by atoms with E-state index in [4.69, 9.17) is 4.42 Å². The minimum absolute atomic E-state index is 0.337. The molecule has 1 aliphatic heterocycles. The van der Waals surface area contributed by atoms with E-state index < -0.39 is 0 Å². The van der Waals surface area contributed by atoms with Gasteiger partial charge < -0.3 is 9.73 Å². The van der Waals surface area contributed by atoms with E-state index in [2.05, 4.69) is 43.1 Å². The van der Waals surface area contributed by atoms with E-state index >= 15 is 0 Å². The van der Waals surface area contributed by atoms with Gasteiger partial charge in [0.05, 0.1) is 6.04 Å². The first-order valence-corrected chi connectivity index (χ1v) is 7.37. The summed E-state index contributed by atoms with van der Waals surface area (Å²) in [6, 6.07) is 5.18. The predicted molar refractivity (Wildman–Crippen MR) is 70.0 cm³/mol. The van der Waals surface area contributed by atoms with Crippen molar-refractivity contribution in [1.82, 2.24) is 5.32 Å². The second kappa shape index (κ2) is 5.78. The number of furan rings is 1. The fourth-order valence-corrected chi connectivity index (χ4v) is 3.21. The third-order valence-electron chi connectivity index (χ3n) is 3.10. The predicted octanol–water partition coefficient (Wildman–Crippen LogP) is 3.39. The Bertz CT molecular complexity index is 317. The van der Waals surface area contributed by atoms with Gasteiger partial charge in [0.15, 0.2) is 0 Å². The van der Waals surface area contributed by atoms with E-state index in [0.717, 1.165) is 17.9 Å². The van der Waals surface area contributed by atoms with Crippen LogP contribution in [0.25, 0.3) is 0 Å². The molecule has 0 aromatic carbocycles. The Kier molecular flexibility index (Phi) is 4.36. The van der Waals surface area contributed by atoms with Crippen LogP contribution in [0.2, 0.25) is 0 Å². The van der Waals surface area contributed by atoms with Crippen molar-refractivity contribution in [3.8, 4) is 0 Å². The lowest BCUT2D eigenvalue weighted by Crippen LogP contribution is -2.35. The minimum Gasteiger partial charge on any atom is -0.464 e. The highest BCUT2D eigenvalue weighted by atomic mass is 32.2. The van der Waals surface area contributed by atoms with Crippen molar-refractivity contribution in [3.63, 3.8) is 0 Å². The maximum Gasteiger partial charge on any atom is 0.120 e. The van der Waals surface area contributed by atoms with Crippen LogP contribution in [-0.4, -0.2) is 17.5 Å². The molecule has 2 atom stereocenters. The Hall–Kier alpha value is -0.410. The van der Waals surface area contributed by atoms with Crippen molar-refractivity contribution in [3.05, 3.63) is 23.7 Å². The van der Waals surface area contributed by atoms with Gasteiger partial charge in [-0.1, -0.05) is 6.92 Å². The highest BCUT2D eigenvalue weighted by Gasteiger charge is 2.18. The number of nitrogens with one attached hydrogen (secondary N) is 1. The normalized spacial score (nSPS) is 23.2. The highest BCUT2D eigenvalue weighted by Crippen LogP contribution is 2.22. The summed E-state index contributed by atoms with van der Waals surface area (Å²) in [7, 11) is 0. The van der Waals surface area contributed by atoms with Gasteiger partial charge in [-0.05, 0) is 37.7 Å². The molecule has 3 heteroatoms. The van der Waals surface area contributed by atoms with Gasteiger partial charge in [-0.3, -0.25) is 0 Å². The smallest absolute Gasteiger partial charge is 0.120 e. The average Bonchev–Trinajstić information content (AvgIpc) is 2.79. The number of hydrogen-bond acceptors (Lipinski definition) is 3. The second-order valence-electron chi connectivity index (χ2n) is 4.46. The Morgan fingerprint density at radius 2 is 2.44 bits per heavy atom. The molecule has 1 aromatic heterocycles. The molecule has 2 rings (SSSR count). The fourth-order valence-electron chi connectivity index (χ4n) is 2.13. The molecule has 16 heavy (non-hydrogen) atoms. The van der Waals surface area contributed by atoms with E-state index in [0.29, 0.717) is 12.1 Å². The van der Waals surface area contributed by atoms with Gasteiger partial charge in [-0.2, -0.15) is 11.8 Å². The summed E-state index contributed by atoms with van der Waals surface area (Å²) in [5.41, 5.74) is 0. The molecule has 1 fully saturated rings. The first-order valence-electron chi connectivity index (χ1n) is 6.22. The molecule has 0 bridgehead atoms. The maximum atomic E-state index is 5.77. The molecular weight excluding hydrogens is 218 g/mol. The molecule has 1 N–H and O–H groups in total. The van der Waals surface area contributed by atoms with E-state index in [9.17, 15) is 0 Å². The molecule has 0 radical (unpaired) electrons. The van der Waals surface area contributed by atoms with Crippen LogP contribution in [0.3, 0.4) is 0 Å². The monoisotopic (exact) mass is 239 g/mol. The standard InChI is InChI=1S/C13H21NOS/c1-3-12-6-7-13(15-12)10(2)14-11-5-4-8-16-9-11/h6-7,10-11,14H,3-5,8-9H2,1-2H3. The summed E-state index contributed by atoms with van der Waals surface area (Å²) in [5.74, 6) is 4.73. The summed E-state index contributed by atoms with van der Waals surface area (Å²) in [6.07, 6.45) is 3.62. The number of hydrogen-bond donors (Lipinski definition) is 1. The SMILES string of the molecule is CCc1ccc(C(C)NC2CCCSC2)o1. The van der Waals surface area contributed by atoms with Crippen LogP contribution in [0.15, 0.2) is 16.5 Å². The minimum atomic E-state index is 0.337. The summed E-state index contributed by atoms with van der Waals surface area (Å²) in [5, 5.41) is 3.66. The molecule has 1 aliphatic rings. The molecule has 2 heterocycles. The van der Waals surface area contributed by atoms with Gasteiger partial charge in [-0.25, -0.2) is 0 Å². The van der Waals surface area contributed by atoms with Gasteiger partial charge in [0.25, 0.3) is 0 Å². The van der Waals surface area contributed by atoms with Crippen LogP contribution < -0.4 is 5.32 Å². The molecule has 2 nitrogen and oxygen atoms in total. The lowest BCUT2D eigenvalue weighted by Gasteiger charge is -2.25. The Morgan fingerprint density at radius 3 is 3.06 bits per heavy atom. The average molecular weight is 239 g/mol. The Morgan fingerprint density at radius 1 is 1.56 bits per heavy atom. The number of rotatable bonds is 4.